The number of hydrogen-bond donors (Lipinski definition) is 2. The molecular formula is C24H29N5O3. The molecule has 1 unspecified atom stereocenters. The molecule has 2 amide bonds. The number of aromatic nitrogens is 2. The molecule has 3 heterocycles. The van der Waals surface area contributed by atoms with Crippen LogP contribution >= 0.6 is 0 Å². The van der Waals surface area contributed by atoms with Crippen LogP contribution in [0.3, 0.4) is 0 Å². The molecule has 0 saturated carbocycles. The lowest BCUT2D eigenvalue weighted by Gasteiger charge is -2.34. The van der Waals surface area contributed by atoms with Crippen molar-refractivity contribution in [2.45, 2.75) is 33.1 Å². The van der Waals surface area contributed by atoms with Gasteiger partial charge in [0.15, 0.2) is 5.82 Å². The van der Waals surface area contributed by atoms with Crippen LogP contribution in [-0.4, -0.2) is 64.5 Å². The fraction of sp³-hybridized carbons (Fsp3) is 0.458. The number of rotatable bonds is 4. The summed E-state index contributed by atoms with van der Waals surface area (Å²) in [6.45, 7) is 6.86. The van der Waals surface area contributed by atoms with Gasteiger partial charge in [-0.25, -0.2) is 0 Å². The fourth-order valence-corrected chi connectivity index (χ4v) is 4.88. The highest BCUT2D eigenvalue weighted by Crippen LogP contribution is 2.33. The lowest BCUT2D eigenvalue weighted by atomic mass is 9.87. The van der Waals surface area contributed by atoms with Crippen molar-refractivity contribution in [3.63, 3.8) is 0 Å². The van der Waals surface area contributed by atoms with E-state index in [0.29, 0.717) is 43.7 Å². The maximum absolute atomic E-state index is 13.4. The minimum Gasteiger partial charge on any atom is -0.360 e. The smallest absolute Gasteiger partial charge is 0.256 e. The fourth-order valence-electron chi connectivity index (χ4n) is 4.88. The third-order valence-corrected chi connectivity index (χ3v) is 6.62. The van der Waals surface area contributed by atoms with Crippen LogP contribution in [0.2, 0.25) is 0 Å². The molecule has 3 aromatic rings. The Labute approximate surface area is 186 Å². The summed E-state index contributed by atoms with van der Waals surface area (Å²) in [5, 5.41) is 7.73. The van der Waals surface area contributed by atoms with Gasteiger partial charge in [-0.05, 0) is 43.7 Å². The van der Waals surface area contributed by atoms with Gasteiger partial charge in [0.1, 0.15) is 5.76 Å². The topological polar surface area (TPSA) is 94.5 Å². The number of anilines is 1. The molecular weight excluding hydrogens is 406 g/mol. The molecule has 32 heavy (non-hydrogen) atoms. The van der Waals surface area contributed by atoms with Crippen molar-refractivity contribution in [1.29, 1.82) is 0 Å². The van der Waals surface area contributed by atoms with E-state index in [9.17, 15) is 9.59 Å². The second-order valence-corrected chi connectivity index (χ2v) is 9.10. The van der Waals surface area contributed by atoms with Gasteiger partial charge < -0.3 is 19.7 Å². The molecule has 1 aliphatic heterocycles. The van der Waals surface area contributed by atoms with E-state index < -0.39 is 0 Å². The van der Waals surface area contributed by atoms with Crippen molar-refractivity contribution in [3.05, 3.63) is 46.8 Å². The molecule has 168 valence electrons. The van der Waals surface area contributed by atoms with Gasteiger partial charge in [0.2, 0.25) is 5.91 Å². The van der Waals surface area contributed by atoms with Crippen molar-refractivity contribution < 1.29 is 14.1 Å². The zero-order chi connectivity index (χ0) is 22.2. The molecule has 0 bridgehead atoms. The van der Waals surface area contributed by atoms with E-state index in [1.165, 1.54) is 23.1 Å². The van der Waals surface area contributed by atoms with E-state index in [0.717, 1.165) is 23.9 Å². The van der Waals surface area contributed by atoms with Crippen LogP contribution in [0, 0.1) is 12.8 Å². The van der Waals surface area contributed by atoms with Gasteiger partial charge in [-0.15, -0.1) is 0 Å². The van der Waals surface area contributed by atoms with Gasteiger partial charge in [0.25, 0.3) is 5.91 Å². The van der Waals surface area contributed by atoms with Crippen LogP contribution in [0.25, 0.3) is 10.9 Å². The summed E-state index contributed by atoms with van der Waals surface area (Å²) in [5.74, 6) is 1.69. The molecule has 2 N–H and O–H groups in total. The minimum absolute atomic E-state index is 0.0596. The Hall–Kier alpha value is -3.13. The number of para-hydroxylation sites is 1. The van der Waals surface area contributed by atoms with E-state index in [-0.39, 0.29) is 18.4 Å². The minimum atomic E-state index is -0.131. The lowest BCUT2D eigenvalue weighted by Crippen LogP contribution is -2.50. The summed E-state index contributed by atoms with van der Waals surface area (Å²) < 4.78 is 4.98. The van der Waals surface area contributed by atoms with Crippen LogP contribution in [0.5, 0.6) is 0 Å². The normalized spacial score (nSPS) is 19.2. The molecule has 5 rings (SSSR count). The molecule has 2 aliphatic rings. The molecule has 8 nitrogen and oxygen atoms in total. The zero-order valence-electron chi connectivity index (χ0n) is 18.6. The number of aryl methyl sites for hydroxylation is 2. The summed E-state index contributed by atoms with van der Waals surface area (Å²) in [6, 6.07) is 7.74. The Morgan fingerprint density at radius 1 is 1.25 bits per heavy atom. The Balaban J connectivity index is 1.23. The standard InChI is InChI=1S/C24H29N5O3/c1-15-6-7-20-19(12-15)17-4-3-5-18(23(17)25-20)24(31)29-10-8-28(9-11-29)14-22(30)26-21-13-16(2)32-27-21/h3-5,13,15,25H,6-12,14H2,1-2H3,(H,26,27,30). The Bertz CT molecular complexity index is 1160. The van der Waals surface area contributed by atoms with Gasteiger partial charge in [-0.1, -0.05) is 24.2 Å². The van der Waals surface area contributed by atoms with Gasteiger partial charge in [0.05, 0.1) is 17.6 Å². The predicted molar refractivity (Wildman–Crippen MR) is 122 cm³/mol. The number of H-pyrrole nitrogens is 1. The molecule has 1 aromatic carbocycles. The molecule has 1 aliphatic carbocycles. The van der Waals surface area contributed by atoms with Crippen LogP contribution in [0.1, 0.15) is 40.7 Å². The van der Waals surface area contributed by atoms with Crippen molar-refractivity contribution in [2.75, 3.05) is 38.0 Å². The van der Waals surface area contributed by atoms with Gasteiger partial charge >= 0.3 is 0 Å². The van der Waals surface area contributed by atoms with Crippen LogP contribution in [0.4, 0.5) is 5.82 Å². The Morgan fingerprint density at radius 2 is 2.06 bits per heavy atom. The summed E-state index contributed by atoms with van der Waals surface area (Å²) in [4.78, 5) is 33.1. The van der Waals surface area contributed by atoms with Gasteiger partial charge in [-0.3, -0.25) is 14.5 Å². The molecule has 1 saturated heterocycles. The number of carbonyl (C=O) groups is 2. The largest absolute Gasteiger partial charge is 0.360 e. The molecule has 2 aromatic heterocycles. The highest BCUT2D eigenvalue weighted by Gasteiger charge is 2.27. The van der Waals surface area contributed by atoms with Crippen LogP contribution in [0.15, 0.2) is 28.8 Å². The average Bonchev–Trinajstić information content (AvgIpc) is 3.36. The number of carbonyl (C=O) groups excluding carboxylic acids is 2. The van der Waals surface area contributed by atoms with Crippen LogP contribution in [-0.2, 0) is 17.6 Å². The Kier molecular flexibility index (Phi) is 5.46. The van der Waals surface area contributed by atoms with E-state index in [2.05, 4.69) is 33.3 Å². The van der Waals surface area contributed by atoms with Crippen molar-refractivity contribution in [2.24, 2.45) is 5.92 Å². The zero-order valence-corrected chi connectivity index (χ0v) is 18.6. The first-order valence-corrected chi connectivity index (χ1v) is 11.3. The lowest BCUT2D eigenvalue weighted by molar-refractivity contribution is -0.117. The number of hydrogen-bond acceptors (Lipinski definition) is 5. The SMILES string of the molecule is Cc1cc(NC(=O)CN2CCN(C(=O)c3cccc4c5c([nH]c34)CCC(C)C5)CC2)no1. The number of fused-ring (bicyclic) bond motifs is 3. The third kappa shape index (κ3) is 4.02. The first-order valence-electron chi connectivity index (χ1n) is 11.3. The number of benzene rings is 1. The van der Waals surface area contributed by atoms with Crippen molar-refractivity contribution in [1.82, 2.24) is 19.9 Å². The monoisotopic (exact) mass is 435 g/mol. The summed E-state index contributed by atoms with van der Waals surface area (Å²) in [6.07, 6.45) is 3.31. The molecule has 8 heteroatoms. The summed E-state index contributed by atoms with van der Waals surface area (Å²) in [7, 11) is 0. The number of aromatic amines is 1. The molecule has 0 spiro atoms. The van der Waals surface area contributed by atoms with E-state index in [1.807, 2.05) is 17.0 Å². The molecule has 1 fully saturated rings. The van der Waals surface area contributed by atoms with Crippen LogP contribution < -0.4 is 5.32 Å². The second kappa shape index (κ2) is 8.43. The van der Waals surface area contributed by atoms with E-state index >= 15 is 0 Å². The first-order chi connectivity index (χ1) is 15.5. The maximum atomic E-state index is 13.4. The van der Waals surface area contributed by atoms with Crippen molar-refractivity contribution >= 4 is 28.5 Å². The third-order valence-electron chi connectivity index (χ3n) is 6.62. The van der Waals surface area contributed by atoms with Gasteiger partial charge in [0, 0.05) is 43.3 Å². The quantitative estimate of drug-likeness (QED) is 0.657. The number of nitrogens with zero attached hydrogens (tertiary/aromatic N) is 3. The number of piperazine rings is 1. The average molecular weight is 436 g/mol. The number of amides is 2. The van der Waals surface area contributed by atoms with Gasteiger partial charge in [-0.2, -0.15) is 0 Å². The highest BCUT2D eigenvalue weighted by molar-refractivity contribution is 6.07. The van der Waals surface area contributed by atoms with E-state index in [4.69, 9.17) is 4.52 Å². The summed E-state index contributed by atoms with van der Waals surface area (Å²) >= 11 is 0. The second-order valence-electron chi connectivity index (χ2n) is 9.10. The first kappa shape index (κ1) is 20.8. The maximum Gasteiger partial charge on any atom is 0.256 e. The summed E-state index contributed by atoms with van der Waals surface area (Å²) in [5.41, 5.74) is 4.39. The number of nitrogens with one attached hydrogen (secondary N) is 2. The Morgan fingerprint density at radius 3 is 2.81 bits per heavy atom. The highest BCUT2D eigenvalue weighted by atomic mass is 16.5. The molecule has 0 radical (unpaired) electrons. The predicted octanol–water partition coefficient (Wildman–Crippen LogP) is 2.99. The molecule has 1 atom stereocenters. The van der Waals surface area contributed by atoms with Crippen molar-refractivity contribution in [3.8, 4) is 0 Å². The van der Waals surface area contributed by atoms with E-state index in [1.54, 1.807) is 13.0 Å².